The first-order valence-electron chi connectivity index (χ1n) is 7.95. The molecule has 2 aromatic rings. The average Bonchev–Trinajstić information content (AvgIpc) is 2.76. The molecule has 0 aliphatic carbocycles. The Kier molecular flexibility index (Phi) is 4.05. The van der Waals surface area contributed by atoms with Crippen molar-refractivity contribution in [3.05, 3.63) is 35.6 Å². The highest BCUT2D eigenvalue weighted by molar-refractivity contribution is 5.82. The lowest BCUT2D eigenvalue weighted by atomic mass is 9.84. The standard InChI is InChI=1S/C18H26N2O/c1-18(2)9-6-10-20(13-18)12-15-14-7-4-5-8-16(14)21-17(15)11-19-3/h4-5,7-8,19H,6,9-13H2,1-3H3. The van der Waals surface area contributed by atoms with E-state index < -0.39 is 0 Å². The van der Waals surface area contributed by atoms with Gasteiger partial charge in [0.15, 0.2) is 0 Å². The van der Waals surface area contributed by atoms with Crippen LogP contribution < -0.4 is 5.32 Å². The maximum atomic E-state index is 6.04. The third-order valence-corrected chi connectivity index (χ3v) is 4.48. The molecule has 1 N–H and O–H groups in total. The van der Waals surface area contributed by atoms with Crippen LogP contribution in [-0.4, -0.2) is 25.0 Å². The van der Waals surface area contributed by atoms with E-state index in [9.17, 15) is 0 Å². The van der Waals surface area contributed by atoms with Gasteiger partial charge in [-0.25, -0.2) is 0 Å². The lowest BCUT2D eigenvalue weighted by molar-refractivity contribution is 0.111. The number of likely N-dealkylation sites (tertiary alicyclic amines) is 1. The minimum absolute atomic E-state index is 0.432. The molecule has 3 rings (SSSR count). The number of fused-ring (bicyclic) bond motifs is 1. The van der Waals surface area contributed by atoms with Crippen molar-refractivity contribution >= 4 is 11.0 Å². The molecule has 0 unspecified atom stereocenters. The second-order valence-electron chi connectivity index (χ2n) is 7.01. The van der Waals surface area contributed by atoms with Gasteiger partial charge in [-0.05, 0) is 37.9 Å². The fourth-order valence-electron chi connectivity index (χ4n) is 3.53. The number of nitrogens with zero attached hydrogens (tertiary/aromatic N) is 1. The molecule has 2 heterocycles. The molecule has 3 nitrogen and oxygen atoms in total. The minimum Gasteiger partial charge on any atom is -0.459 e. The van der Waals surface area contributed by atoms with Gasteiger partial charge in [0.25, 0.3) is 0 Å². The van der Waals surface area contributed by atoms with E-state index in [1.165, 1.54) is 36.9 Å². The van der Waals surface area contributed by atoms with Gasteiger partial charge >= 0.3 is 0 Å². The molecule has 3 heteroatoms. The quantitative estimate of drug-likeness (QED) is 0.927. The number of benzene rings is 1. The zero-order chi connectivity index (χ0) is 14.9. The molecule has 0 amide bonds. The van der Waals surface area contributed by atoms with E-state index >= 15 is 0 Å². The van der Waals surface area contributed by atoms with E-state index in [-0.39, 0.29) is 0 Å². The van der Waals surface area contributed by atoms with Gasteiger partial charge in [-0.2, -0.15) is 0 Å². The highest BCUT2D eigenvalue weighted by Gasteiger charge is 2.27. The molecule has 1 aromatic heterocycles. The number of piperidine rings is 1. The molecule has 0 radical (unpaired) electrons. The monoisotopic (exact) mass is 286 g/mol. The van der Waals surface area contributed by atoms with Crippen LogP contribution in [0.1, 0.15) is 38.0 Å². The van der Waals surface area contributed by atoms with Crippen LogP contribution in [0.2, 0.25) is 0 Å². The number of nitrogens with one attached hydrogen (secondary N) is 1. The predicted molar refractivity (Wildman–Crippen MR) is 87.3 cm³/mol. The van der Waals surface area contributed by atoms with Crippen LogP contribution in [0.25, 0.3) is 11.0 Å². The molecule has 114 valence electrons. The lowest BCUT2D eigenvalue weighted by Gasteiger charge is -2.38. The second-order valence-corrected chi connectivity index (χ2v) is 7.01. The largest absolute Gasteiger partial charge is 0.459 e. The highest BCUT2D eigenvalue weighted by atomic mass is 16.3. The first-order chi connectivity index (χ1) is 10.1. The number of para-hydroxylation sites is 1. The number of furan rings is 1. The van der Waals surface area contributed by atoms with Crippen molar-refractivity contribution in [3.63, 3.8) is 0 Å². The molecule has 0 atom stereocenters. The van der Waals surface area contributed by atoms with Gasteiger partial charge in [-0.3, -0.25) is 4.90 Å². The van der Waals surface area contributed by atoms with Crippen molar-refractivity contribution in [2.24, 2.45) is 5.41 Å². The lowest BCUT2D eigenvalue weighted by Crippen LogP contribution is -2.39. The molecule has 1 aliphatic rings. The van der Waals surface area contributed by atoms with Gasteiger partial charge in [-0.15, -0.1) is 0 Å². The molecule has 0 saturated carbocycles. The molecular weight excluding hydrogens is 260 g/mol. The van der Waals surface area contributed by atoms with Crippen molar-refractivity contribution < 1.29 is 4.42 Å². The molecule has 0 bridgehead atoms. The van der Waals surface area contributed by atoms with E-state index in [1.807, 2.05) is 13.1 Å². The van der Waals surface area contributed by atoms with Crippen LogP contribution in [0.15, 0.2) is 28.7 Å². The van der Waals surface area contributed by atoms with Crippen LogP contribution in [-0.2, 0) is 13.1 Å². The summed E-state index contributed by atoms with van der Waals surface area (Å²) in [5.41, 5.74) is 2.80. The Morgan fingerprint density at radius 1 is 1.29 bits per heavy atom. The van der Waals surface area contributed by atoms with Gasteiger partial charge in [0.05, 0.1) is 6.54 Å². The van der Waals surface area contributed by atoms with Crippen LogP contribution in [0.5, 0.6) is 0 Å². The third-order valence-electron chi connectivity index (χ3n) is 4.48. The van der Waals surface area contributed by atoms with E-state index in [0.29, 0.717) is 5.41 Å². The molecule has 1 aliphatic heterocycles. The average molecular weight is 286 g/mol. The van der Waals surface area contributed by atoms with Crippen LogP contribution in [0.3, 0.4) is 0 Å². The van der Waals surface area contributed by atoms with Gasteiger partial charge in [0.2, 0.25) is 0 Å². The number of hydrogen-bond donors (Lipinski definition) is 1. The zero-order valence-corrected chi connectivity index (χ0v) is 13.4. The fraction of sp³-hybridized carbons (Fsp3) is 0.556. The molecule has 1 fully saturated rings. The SMILES string of the molecule is CNCc1oc2ccccc2c1CN1CCCC(C)(C)C1. The van der Waals surface area contributed by atoms with E-state index in [0.717, 1.165) is 24.4 Å². The molecule has 1 aromatic carbocycles. The Labute approximate surface area is 127 Å². The summed E-state index contributed by atoms with van der Waals surface area (Å²) in [5, 5.41) is 4.50. The molecule has 1 saturated heterocycles. The highest BCUT2D eigenvalue weighted by Crippen LogP contribution is 2.32. The first kappa shape index (κ1) is 14.6. The van der Waals surface area contributed by atoms with Gasteiger partial charge in [0, 0.05) is 24.0 Å². The minimum atomic E-state index is 0.432. The molecule has 21 heavy (non-hydrogen) atoms. The van der Waals surface area contributed by atoms with E-state index in [1.54, 1.807) is 0 Å². The normalized spacial score (nSPS) is 19.2. The van der Waals surface area contributed by atoms with E-state index in [4.69, 9.17) is 4.42 Å². The Balaban J connectivity index is 1.89. The summed E-state index contributed by atoms with van der Waals surface area (Å²) in [5.74, 6) is 1.09. The van der Waals surface area contributed by atoms with Crippen molar-refractivity contribution in [3.8, 4) is 0 Å². The predicted octanol–water partition coefficient (Wildman–Crippen LogP) is 3.77. The molecular formula is C18H26N2O. The zero-order valence-electron chi connectivity index (χ0n) is 13.4. The topological polar surface area (TPSA) is 28.4 Å². The van der Waals surface area contributed by atoms with Crippen molar-refractivity contribution in [2.45, 2.75) is 39.8 Å². The summed E-state index contributed by atoms with van der Waals surface area (Å²) < 4.78 is 6.04. The first-order valence-corrected chi connectivity index (χ1v) is 7.95. The van der Waals surface area contributed by atoms with Crippen molar-refractivity contribution in [1.82, 2.24) is 10.2 Å². The Hall–Kier alpha value is -1.32. The van der Waals surface area contributed by atoms with Crippen LogP contribution in [0, 0.1) is 5.41 Å². The Bertz CT molecular complexity index is 615. The maximum Gasteiger partial charge on any atom is 0.134 e. The molecule has 0 spiro atoms. The number of rotatable bonds is 4. The maximum absolute atomic E-state index is 6.04. The summed E-state index contributed by atoms with van der Waals surface area (Å²) in [7, 11) is 1.97. The summed E-state index contributed by atoms with van der Waals surface area (Å²) in [4.78, 5) is 2.58. The Morgan fingerprint density at radius 3 is 2.86 bits per heavy atom. The number of hydrogen-bond acceptors (Lipinski definition) is 3. The van der Waals surface area contributed by atoms with Gasteiger partial charge in [0.1, 0.15) is 11.3 Å². The van der Waals surface area contributed by atoms with E-state index in [2.05, 4.69) is 42.3 Å². The summed E-state index contributed by atoms with van der Waals surface area (Å²) in [6.07, 6.45) is 2.63. The van der Waals surface area contributed by atoms with Crippen LogP contribution in [0.4, 0.5) is 0 Å². The fourth-order valence-corrected chi connectivity index (χ4v) is 3.53. The summed E-state index contributed by atoms with van der Waals surface area (Å²) >= 11 is 0. The second kappa shape index (κ2) is 5.82. The van der Waals surface area contributed by atoms with Crippen molar-refractivity contribution in [1.29, 1.82) is 0 Å². The van der Waals surface area contributed by atoms with Gasteiger partial charge in [-0.1, -0.05) is 32.0 Å². The van der Waals surface area contributed by atoms with Gasteiger partial charge < -0.3 is 9.73 Å². The smallest absolute Gasteiger partial charge is 0.134 e. The van der Waals surface area contributed by atoms with Crippen molar-refractivity contribution in [2.75, 3.05) is 20.1 Å². The van der Waals surface area contributed by atoms with Crippen LogP contribution >= 0.6 is 0 Å². The third kappa shape index (κ3) is 3.14. The summed E-state index contributed by atoms with van der Waals surface area (Å²) in [6.45, 7) is 8.91. The Morgan fingerprint density at radius 2 is 2.10 bits per heavy atom. The summed E-state index contributed by atoms with van der Waals surface area (Å²) in [6, 6.07) is 8.40.